The Morgan fingerprint density at radius 2 is 1.55 bits per heavy atom. The molecule has 0 bridgehead atoms. The summed E-state index contributed by atoms with van der Waals surface area (Å²) in [6.45, 7) is 2.25. The molecule has 0 fully saturated rings. The van der Waals surface area contributed by atoms with Crippen molar-refractivity contribution in [1.82, 2.24) is 0 Å². The van der Waals surface area contributed by atoms with Crippen LogP contribution in [0, 0.1) is 0 Å². The summed E-state index contributed by atoms with van der Waals surface area (Å²) in [5, 5.41) is 25.2. The van der Waals surface area contributed by atoms with E-state index in [0.29, 0.717) is 0 Å². The second kappa shape index (κ2) is 13.3. The van der Waals surface area contributed by atoms with Crippen LogP contribution < -0.4 is 15.1 Å². The van der Waals surface area contributed by atoms with E-state index in [4.69, 9.17) is 15.1 Å². The van der Waals surface area contributed by atoms with Crippen LogP contribution in [0.4, 0.5) is 0 Å². The zero-order valence-electron chi connectivity index (χ0n) is 6.84. The van der Waals surface area contributed by atoms with Gasteiger partial charge in [0.25, 0.3) is 0 Å². The standard InChI is InChI=1S/C6H13.BO3.Sn/c1-3-5-6-4-2;2-1(3)4;/h1,3-6H2,2H3;;/q;-3;+3. The fourth-order valence-corrected chi connectivity index (χ4v) is 1.27. The van der Waals surface area contributed by atoms with E-state index in [2.05, 4.69) is 6.92 Å². The maximum Gasteiger partial charge on any atom is -0.278 e. The predicted molar refractivity (Wildman–Crippen MR) is 40.5 cm³/mol. The Morgan fingerprint density at radius 1 is 1.09 bits per heavy atom. The van der Waals surface area contributed by atoms with Gasteiger partial charge >= 0.3 is 59.6 Å². The molecule has 0 aromatic carbocycles. The van der Waals surface area contributed by atoms with Crippen LogP contribution in [0.1, 0.15) is 32.6 Å². The first-order chi connectivity index (χ1) is 5.15. The van der Waals surface area contributed by atoms with Gasteiger partial charge in [0.2, 0.25) is 0 Å². The van der Waals surface area contributed by atoms with Crippen LogP contribution >= 0.6 is 0 Å². The van der Waals surface area contributed by atoms with E-state index in [1.807, 2.05) is 0 Å². The van der Waals surface area contributed by atoms with Crippen LogP contribution in [0.2, 0.25) is 4.44 Å². The molecule has 0 aliphatic heterocycles. The van der Waals surface area contributed by atoms with Gasteiger partial charge in [0, 0.05) is 0 Å². The second-order valence-corrected chi connectivity index (χ2v) is 3.53. The first-order valence-corrected chi connectivity index (χ1v) is 5.79. The summed E-state index contributed by atoms with van der Waals surface area (Å²) in [6.07, 6.45) is 5.73. The van der Waals surface area contributed by atoms with E-state index in [1.54, 1.807) is 22.5 Å². The van der Waals surface area contributed by atoms with Crippen LogP contribution in [-0.4, -0.2) is 29.8 Å². The Morgan fingerprint density at radius 3 is 1.82 bits per heavy atom. The van der Waals surface area contributed by atoms with E-state index in [9.17, 15) is 0 Å². The van der Waals surface area contributed by atoms with Crippen molar-refractivity contribution in [2.45, 2.75) is 37.0 Å². The first kappa shape index (κ1) is 14.3. The zero-order valence-corrected chi connectivity index (χ0v) is 9.69. The molecule has 0 aliphatic carbocycles. The minimum Gasteiger partial charge on any atom is -0.907 e. The number of hydrogen-bond acceptors (Lipinski definition) is 3. The van der Waals surface area contributed by atoms with Gasteiger partial charge in [0.1, 0.15) is 0 Å². The zero-order chi connectivity index (χ0) is 9.11. The Kier molecular flexibility index (Phi) is 17.3. The third-order valence-corrected chi connectivity index (χ3v) is 2.04. The SMILES string of the molecule is CCCCC[CH2][Sn+3].[O-]B([O-])[O-]. The molecule has 0 saturated heterocycles. The smallest absolute Gasteiger partial charge is 0.278 e. The van der Waals surface area contributed by atoms with E-state index in [0.717, 1.165) is 0 Å². The molecule has 0 radical (unpaired) electrons. The van der Waals surface area contributed by atoms with Gasteiger partial charge < -0.3 is 15.1 Å². The normalized spacial score (nSPS) is 8.55. The molecule has 0 rings (SSSR count). The Balaban J connectivity index is 0. The summed E-state index contributed by atoms with van der Waals surface area (Å²) in [5.41, 5.74) is 0. The maximum absolute atomic E-state index is 8.42. The maximum atomic E-state index is 8.42. The quantitative estimate of drug-likeness (QED) is 0.444. The molecular weight excluding hydrogens is 250 g/mol. The summed E-state index contributed by atoms with van der Waals surface area (Å²) < 4.78 is 1.45. The monoisotopic (exact) mass is 264 g/mol. The van der Waals surface area contributed by atoms with Crippen LogP contribution in [0.3, 0.4) is 0 Å². The van der Waals surface area contributed by atoms with Crippen molar-refractivity contribution in [3.63, 3.8) is 0 Å². The number of unbranched alkanes of at least 4 members (excludes halogenated alkanes) is 3. The van der Waals surface area contributed by atoms with Gasteiger partial charge in [-0.1, -0.05) is 0 Å². The molecule has 11 heavy (non-hydrogen) atoms. The largest absolute Gasteiger partial charge is 0.907 e. The van der Waals surface area contributed by atoms with E-state index in [-0.39, 0.29) is 0 Å². The van der Waals surface area contributed by atoms with Gasteiger partial charge in [-0.2, -0.15) is 0 Å². The van der Waals surface area contributed by atoms with Crippen molar-refractivity contribution in [2.75, 3.05) is 0 Å². The predicted octanol–water partition coefficient (Wildman–Crippen LogP) is -1.79. The van der Waals surface area contributed by atoms with Crippen molar-refractivity contribution in [3.05, 3.63) is 0 Å². The van der Waals surface area contributed by atoms with Crippen molar-refractivity contribution in [2.24, 2.45) is 0 Å². The van der Waals surface area contributed by atoms with Gasteiger partial charge in [-0.05, 0) is 0 Å². The molecule has 0 heterocycles. The topological polar surface area (TPSA) is 69.2 Å². The molecule has 0 N–H and O–H groups in total. The molecule has 0 saturated carbocycles. The average Bonchev–Trinajstić information content (AvgIpc) is 1.88. The fourth-order valence-electron chi connectivity index (χ4n) is 0.552. The minimum absolute atomic E-state index is 1.37. The summed E-state index contributed by atoms with van der Waals surface area (Å²) in [7, 11) is -2.92. The number of hydrogen-bond donors (Lipinski definition) is 0. The van der Waals surface area contributed by atoms with Crippen LogP contribution in [0.25, 0.3) is 0 Å². The summed E-state index contributed by atoms with van der Waals surface area (Å²) in [6, 6.07) is 0. The molecule has 0 aromatic heterocycles. The van der Waals surface area contributed by atoms with Gasteiger partial charge in [-0.25, -0.2) is 0 Å². The van der Waals surface area contributed by atoms with Gasteiger partial charge in [-0.3, -0.25) is 7.32 Å². The summed E-state index contributed by atoms with van der Waals surface area (Å²) >= 11 is 1.70. The van der Waals surface area contributed by atoms with Crippen molar-refractivity contribution in [3.8, 4) is 0 Å². The second-order valence-electron chi connectivity index (χ2n) is 2.10. The Hall–Kier alpha value is 0.744. The molecule has 0 unspecified atom stereocenters. The van der Waals surface area contributed by atoms with E-state index in [1.165, 1.54) is 30.1 Å². The summed E-state index contributed by atoms with van der Waals surface area (Å²) in [5.74, 6) is 0. The third-order valence-electron chi connectivity index (χ3n) is 1.03. The number of rotatable bonds is 4. The molecule has 0 aromatic rings. The van der Waals surface area contributed by atoms with Crippen LogP contribution in [0.5, 0.6) is 0 Å². The molecule has 62 valence electrons. The van der Waals surface area contributed by atoms with Crippen molar-refractivity contribution in [1.29, 1.82) is 0 Å². The Labute approximate surface area is 82.1 Å². The molecule has 3 nitrogen and oxygen atoms in total. The Bertz CT molecular complexity index is 57.0. The minimum atomic E-state index is -2.92. The molecule has 0 spiro atoms. The van der Waals surface area contributed by atoms with Crippen molar-refractivity contribution < 1.29 is 15.1 Å². The van der Waals surface area contributed by atoms with Crippen LogP contribution in [-0.2, 0) is 0 Å². The third kappa shape index (κ3) is 36.5. The molecular formula is C6H13BO3Sn. The summed E-state index contributed by atoms with van der Waals surface area (Å²) in [4.78, 5) is 0. The fraction of sp³-hybridized carbons (Fsp3) is 1.00. The average molecular weight is 263 g/mol. The van der Waals surface area contributed by atoms with Crippen LogP contribution in [0.15, 0.2) is 0 Å². The first-order valence-electron chi connectivity index (χ1n) is 3.77. The van der Waals surface area contributed by atoms with Crippen molar-refractivity contribution >= 4 is 29.8 Å². The van der Waals surface area contributed by atoms with E-state index < -0.39 is 7.32 Å². The molecule has 0 aliphatic rings. The molecule has 5 heteroatoms. The molecule has 0 amide bonds. The van der Waals surface area contributed by atoms with Gasteiger partial charge in [0.05, 0.1) is 0 Å². The van der Waals surface area contributed by atoms with Gasteiger partial charge in [0.15, 0.2) is 0 Å². The van der Waals surface area contributed by atoms with Gasteiger partial charge in [-0.15, -0.1) is 0 Å². The van der Waals surface area contributed by atoms with E-state index >= 15 is 0 Å². The molecule has 0 atom stereocenters.